The van der Waals surface area contributed by atoms with Crippen LogP contribution >= 0.6 is 0 Å². The Hall–Kier alpha value is -2.44. The molecule has 2 N–H and O–H groups in total. The van der Waals surface area contributed by atoms with Crippen LogP contribution in [0.3, 0.4) is 0 Å². The Morgan fingerprint density at radius 2 is 2.19 bits per heavy atom. The number of likely N-dealkylation sites (tertiary alicyclic amines) is 1. The Balaban J connectivity index is 1.56. The maximum absolute atomic E-state index is 11.8. The third kappa shape index (κ3) is 4.39. The molecule has 0 aromatic heterocycles. The fraction of sp³-hybridized carbons (Fsp3) is 0.579. The second kappa shape index (κ2) is 8.78. The summed E-state index contributed by atoms with van der Waals surface area (Å²) in [6, 6.07) is 6.18. The second-order valence-corrected chi connectivity index (χ2v) is 6.54. The number of nitrogens with one attached hydrogen (secondary N) is 2. The molecule has 0 saturated carbocycles. The van der Waals surface area contributed by atoms with Crippen LogP contribution in [-0.4, -0.2) is 56.2 Å². The van der Waals surface area contributed by atoms with Gasteiger partial charge >= 0.3 is 0 Å². The number of carbonyl (C=O) groups excluding carboxylic acids is 1. The predicted molar refractivity (Wildman–Crippen MR) is 101 cm³/mol. The summed E-state index contributed by atoms with van der Waals surface area (Å²) in [4.78, 5) is 18.0. The zero-order valence-electron chi connectivity index (χ0n) is 15.6. The lowest BCUT2D eigenvalue weighted by Crippen LogP contribution is -2.44. The van der Waals surface area contributed by atoms with Gasteiger partial charge in [0.25, 0.3) is 0 Å². The Morgan fingerprint density at radius 1 is 1.35 bits per heavy atom. The lowest BCUT2D eigenvalue weighted by atomic mass is 10.2. The number of ether oxygens (including phenoxy) is 2. The van der Waals surface area contributed by atoms with Crippen molar-refractivity contribution in [3.63, 3.8) is 0 Å². The van der Waals surface area contributed by atoms with Crippen LogP contribution in [0.4, 0.5) is 0 Å². The third-order valence-corrected chi connectivity index (χ3v) is 4.71. The van der Waals surface area contributed by atoms with E-state index in [0.29, 0.717) is 26.2 Å². The van der Waals surface area contributed by atoms with Crippen molar-refractivity contribution < 1.29 is 14.3 Å². The predicted octanol–water partition coefficient (Wildman–Crippen LogP) is 1.52. The monoisotopic (exact) mass is 360 g/mol. The van der Waals surface area contributed by atoms with E-state index in [1.165, 1.54) is 0 Å². The summed E-state index contributed by atoms with van der Waals surface area (Å²) >= 11 is 0. The minimum atomic E-state index is 0.210. The van der Waals surface area contributed by atoms with E-state index in [1.807, 2.05) is 30.0 Å². The highest BCUT2D eigenvalue weighted by molar-refractivity contribution is 5.80. The molecule has 1 amide bonds. The van der Waals surface area contributed by atoms with Gasteiger partial charge in [0.1, 0.15) is 0 Å². The van der Waals surface area contributed by atoms with Crippen molar-refractivity contribution in [3.8, 4) is 11.5 Å². The number of fused-ring (bicyclic) bond motifs is 1. The maximum atomic E-state index is 11.8. The minimum absolute atomic E-state index is 0.210. The van der Waals surface area contributed by atoms with Crippen LogP contribution in [0.1, 0.15) is 31.7 Å². The Morgan fingerprint density at radius 3 is 3.00 bits per heavy atom. The third-order valence-electron chi connectivity index (χ3n) is 4.71. The number of hydrogen-bond donors (Lipinski definition) is 2. The van der Waals surface area contributed by atoms with Crippen LogP contribution in [0.5, 0.6) is 11.5 Å². The van der Waals surface area contributed by atoms with Gasteiger partial charge < -0.3 is 25.0 Å². The first-order valence-corrected chi connectivity index (χ1v) is 9.33. The maximum Gasteiger partial charge on any atom is 0.222 e. The fourth-order valence-electron chi connectivity index (χ4n) is 3.29. The number of benzene rings is 1. The van der Waals surface area contributed by atoms with E-state index >= 15 is 0 Å². The summed E-state index contributed by atoms with van der Waals surface area (Å²) in [7, 11) is 1.75. The van der Waals surface area contributed by atoms with Crippen molar-refractivity contribution in [2.75, 3.05) is 33.4 Å². The van der Waals surface area contributed by atoms with Crippen LogP contribution in [0.15, 0.2) is 23.2 Å². The zero-order chi connectivity index (χ0) is 18.4. The summed E-state index contributed by atoms with van der Waals surface area (Å²) in [6.45, 7) is 5.38. The topological polar surface area (TPSA) is 75.2 Å². The second-order valence-electron chi connectivity index (χ2n) is 6.54. The Bertz CT molecular complexity index is 662. The van der Waals surface area contributed by atoms with Gasteiger partial charge in [-0.25, -0.2) is 0 Å². The summed E-state index contributed by atoms with van der Waals surface area (Å²) in [5, 5.41) is 6.75. The molecule has 2 aliphatic rings. The quantitative estimate of drug-likeness (QED) is 0.629. The molecule has 2 aliphatic heterocycles. The normalized spacial score (nSPS) is 19.8. The summed E-state index contributed by atoms with van der Waals surface area (Å²) in [5.74, 6) is 2.55. The molecule has 1 aromatic carbocycles. The summed E-state index contributed by atoms with van der Waals surface area (Å²) in [5.41, 5.74) is 1.04. The van der Waals surface area contributed by atoms with Crippen LogP contribution in [0.2, 0.25) is 0 Å². The van der Waals surface area contributed by atoms with Crippen molar-refractivity contribution in [2.45, 2.75) is 38.8 Å². The number of nitrogens with zero attached hydrogens (tertiary/aromatic N) is 2. The van der Waals surface area contributed by atoms with E-state index in [4.69, 9.17) is 9.47 Å². The molecule has 1 fully saturated rings. The molecule has 0 bridgehead atoms. The smallest absolute Gasteiger partial charge is 0.222 e. The van der Waals surface area contributed by atoms with Gasteiger partial charge in [-0.1, -0.05) is 19.1 Å². The van der Waals surface area contributed by atoms with Gasteiger partial charge in [-0.3, -0.25) is 9.79 Å². The van der Waals surface area contributed by atoms with Gasteiger partial charge in [0.2, 0.25) is 5.91 Å². The number of guanidine groups is 1. The first-order chi connectivity index (χ1) is 12.7. The number of amides is 1. The van der Waals surface area contributed by atoms with Crippen LogP contribution in [0.25, 0.3) is 0 Å². The molecule has 7 heteroatoms. The first-order valence-electron chi connectivity index (χ1n) is 9.33. The molecular weight excluding hydrogens is 332 g/mol. The number of aliphatic imine (C=N–C) groups is 1. The molecule has 0 aliphatic carbocycles. The molecule has 1 aromatic rings. The molecule has 7 nitrogen and oxygen atoms in total. The fourth-order valence-corrected chi connectivity index (χ4v) is 3.29. The van der Waals surface area contributed by atoms with E-state index in [-0.39, 0.29) is 11.9 Å². The van der Waals surface area contributed by atoms with E-state index in [2.05, 4.69) is 15.6 Å². The highest BCUT2D eigenvalue weighted by Crippen LogP contribution is 2.33. The molecule has 0 spiro atoms. The molecule has 1 unspecified atom stereocenters. The molecule has 1 saturated heterocycles. The summed E-state index contributed by atoms with van der Waals surface area (Å²) in [6.07, 6.45) is 2.38. The number of rotatable bonds is 4. The van der Waals surface area contributed by atoms with Crippen molar-refractivity contribution >= 4 is 11.9 Å². The average molecular weight is 360 g/mol. The SMILES string of the molecule is CCC(=O)N1CCC(NC(=NC)NCc2cccc3c2OCCCO3)C1. The van der Waals surface area contributed by atoms with E-state index in [1.54, 1.807) is 7.05 Å². The number of carbonyl (C=O) groups is 1. The standard InChI is InChI=1S/C19H28N4O3/c1-3-17(24)23-9-8-15(13-23)22-19(20-2)21-12-14-6-4-7-16-18(14)26-11-5-10-25-16/h4,6-7,15H,3,5,8-13H2,1-2H3,(H2,20,21,22). The van der Waals surface area contributed by atoms with Crippen molar-refractivity contribution in [1.82, 2.24) is 15.5 Å². The largest absolute Gasteiger partial charge is 0.490 e. The van der Waals surface area contributed by atoms with Crippen molar-refractivity contribution in [1.29, 1.82) is 0 Å². The minimum Gasteiger partial charge on any atom is -0.490 e. The van der Waals surface area contributed by atoms with Crippen LogP contribution in [-0.2, 0) is 11.3 Å². The summed E-state index contributed by atoms with van der Waals surface area (Å²) < 4.78 is 11.6. The molecule has 1 atom stereocenters. The molecule has 142 valence electrons. The van der Waals surface area contributed by atoms with Gasteiger partial charge in [-0.2, -0.15) is 0 Å². The van der Waals surface area contributed by atoms with E-state index < -0.39 is 0 Å². The van der Waals surface area contributed by atoms with Gasteiger partial charge in [-0.15, -0.1) is 0 Å². The Kier molecular flexibility index (Phi) is 6.20. The number of para-hydroxylation sites is 1. The van der Waals surface area contributed by atoms with Gasteiger partial charge in [-0.05, 0) is 12.5 Å². The van der Waals surface area contributed by atoms with E-state index in [9.17, 15) is 4.79 Å². The zero-order valence-corrected chi connectivity index (χ0v) is 15.6. The van der Waals surface area contributed by atoms with Crippen LogP contribution < -0.4 is 20.1 Å². The van der Waals surface area contributed by atoms with Crippen LogP contribution in [0, 0.1) is 0 Å². The van der Waals surface area contributed by atoms with Gasteiger partial charge in [0.05, 0.1) is 13.2 Å². The highest BCUT2D eigenvalue weighted by atomic mass is 16.5. The lowest BCUT2D eigenvalue weighted by molar-refractivity contribution is -0.129. The lowest BCUT2D eigenvalue weighted by Gasteiger charge is -2.19. The first kappa shape index (κ1) is 18.4. The Labute approximate surface area is 154 Å². The van der Waals surface area contributed by atoms with Gasteiger partial charge in [0, 0.05) is 51.1 Å². The van der Waals surface area contributed by atoms with Gasteiger partial charge in [0.15, 0.2) is 17.5 Å². The molecule has 2 heterocycles. The average Bonchev–Trinajstić information content (AvgIpc) is 3.00. The number of hydrogen-bond acceptors (Lipinski definition) is 4. The van der Waals surface area contributed by atoms with Crippen molar-refractivity contribution in [3.05, 3.63) is 23.8 Å². The molecule has 26 heavy (non-hydrogen) atoms. The molecular formula is C19H28N4O3. The van der Waals surface area contributed by atoms with Crippen molar-refractivity contribution in [2.24, 2.45) is 4.99 Å². The van der Waals surface area contributed by atoms with E-state index in [0.717, 1.165) is 49.0 Å². The highest BCUT2D eigenvalue weighted by Gasteiger charge is 2.25. The molecule has 0 radical (unpaired) electrons. The molecule has 3 rings (SSSR count).